The summed E-state index contributed by atoms with van der Waals surface area (Å²) in [5.41, 5.74) is 1.69. The number of likely N-dealkylation sites (tertiary alicyclic amines) is 1. The Hall–Kier alpha value is -2.70. The zero-order valence-corrected chi connectivity index (χ0v) is 14.9. The number of hydrogen-bond acceptors (Lipinski definition) is 3. The third-order valence-corrected chi connectivity index (χ3v) is 5.26. The van der Waals surface area contributed by atoms with Crippen molar-refractivity contribution >= 4 is 17.4 Å². The molecule has 27 heavy (non-hydrogen) atoms. The first kappa shape index (κ1) is 17.7. The Bertz CT molecular complexity index is 887. The predicted molar refractivity (Wildman–Crippen MR) is 97.2 cm³/mol. The van der Waals surface area contributed by atoms with Gasteiger partial charge in [-0.25, -0.2) is 8.78 Å². The Morgan fingerprint density at radius 1 is 1.04 bits per heavy atom. The molecule has 5 nitrogen and oxygen atoms in total. The summed E-state index contributed by atoms with van der Waals surface area (Å²) in [6.45, 7) is 2.00. The lowest BCUT2D eigenvalue weighted by Gasteiger charge is -2.31. The van der Waals surface area contributed by atoms with Crippen LogP contribution in [0.25, 0.3) is 0 Å². The van der Waals surface area contributed by atoms with Gasteiger partial charge < -0.3 is 14.8 Å². The van der Waals surface area contributed by atoms with E-state index in [1.807, 2.05) is 0 Å². The molecule has 2 aliphatic heterocycles. The molecule has 142 valence electrons. The Kier molecular flexibility index (Phi) is 4.68. The molecule has 1 N–H and O–H groups in total. The van der Waals surface area contributed by atoms with Gasteiger partial charge in [0.15, 0.2) is 5.78 Å². The minimum atomic E-state index is -0.642. The molecule has 0 saturated carbocycles. The van der Waals surface area contributed by atoms with Crippen LogP contribution in [0.15, 0.2) is 24.4 Å². The SMILES string of the molecule is O=C(CN1CCCc2cc(F)cc(F)c21)c1c[nH]c(C(=O)N2CCCC2)c1. The molecule has 0 unspecified atom stereocenters. The summed E-state index contributed by atoms with van der Waals surface area (Å²) in [5, 5.41) is 0. The Labute approximate surface area is 156 Å². The number of fused-ring (bicyclic) bond motifs is 1. The summed E-state index contributed by atoms with van der Waals surface area (Å²) in [6, 6.07) is 3.75. The van der Waals surface area contributed by atoms with Gasteiger partial charge in [0.05, 0.1) is 12.2 Å². The van der Waals surface area contributed by atoms with Crippen molar-refractivity contribution in [3.63, 3.8) is 0 Å². The topological polar surface area (TPSA) is 56.4 Å². The largest absolute Gasteiger partial charge is 0.361 e. The zero-order chi connectivity index (χ0) is 19.0. The molecule has 1 amide bonds. The molecule has 4 rings (SSSR count). The van der Waals surface area contributed by atoms with Crippen LogP contribution in [0.4, 0.5) is 14.5 Å². The van der Waals surface area contributed by atoms with E-state index in [0.29, 0.717) is 35.5 Å². The van der Waals surface area contributed by atoms with Crippen LogP contribution in [0.2, 0.25) is 0 Å². The molecule has 3 heterocycles. The van der Waals surface area contributed by atoms with Gasteiger partial charge in [0.1, 0.15) is 17.3 Å². The zero-order valence-electron chi connectivity index (χ0n) is 14.9. The molecular formula is C20H21F2N3O2. The molecule has 0 bridgehead atoms. The van der Waals surface area contributed by atoms with E-state index < -0.39 is 11.6 Å². The molecule has 0 radical (unpaired) electrons. The van der Waals surface area contributed by atoms with E-state index in [9.17, 15) is 18.4 Å². The minimum Gasteiger partial charge on any atom is -0.361 e. The first-order valence-electron chi connectivity index (χ1n) is 9.26. The van der Waals surface area contributed by atoms with Crippen molar-refractivity contribution in [2.45, 2.75) is 25.7 Å². The summed E-state index contributed by atoms with van der Waals surface area (Å²) in [5.74, 6) is -1.55. The lowest BCUT2D eigenvalue weighted by Crippen LogP contribution is -2.35. The van der Waals surface area contributed by atoms with Crippen molar-refractivity contribution in [1.29, 1.82) is 0 Å². The van der Waals surface area contributed by atoms with Crippen LogP contribution < -0.4 is 4.90 Å². The fourth-order valence-electron chi connectivity index (χ4n) is 3.93. The van der Waals surface area contributed by atoms with Gasteiger partial charge in [0, 0.05) is 37.5 Å². The van der Waals surface area contributed by atoms with Crippen LogP contribution in [0, 0.1) is 11.6 Å². The third kappa shape index (κ3) is 3.46. The average molecular weight is 373 g/mol. The minimum absolute atomic E-state index is 0.00918. The number of nitrogens with one attached hydrogen (secondary N) is 1. The van der Waals surface area contributed by atoms with Crippen molar-refractivity contribution < 1.29 is 18.4 Å². The highest BCUT2D eigenvalue weighted by atomic mass is 19.1. The summed E-state index contributed by atoms with van der Waals surface area (Å²) in [4.78, 5) is 31.4. The molecule has 0 atom stereocenters. The van der Waals surface area contributed by atoms with Gasteiger partial charge in [-0.1, -0.05) is 0 Å². The maximum Gasteiger partial charge on any atom is 0.270 e. The maximum absolute atomic E-state index is 14.3. The van der Waals surface area contributed by atoms with Gasteiger partial charge in [0.25, 0.3) is 5.91 Å². The number of halogens is 2. The van der Waals surface area contributed by atoms with Gasteiger partial charge in [-0.15, -0.1) is 0 Å². The van der Waals surface area contributed by atoms with Gasteiger partial charge >= 0.3 is 0 Å². The van der Waals surface area contributed by atoms with Crippen molar-refractivity contribution in [3.8, 4) is 0 Å². The first-order chi connectivity index (χ1) is 13.0. The van der Waals surface area contributed by atoms with E-state index in [1.54, 1.807) is 15.9 Å². The number of benzene rings is 1. The number of ketones is 1. The number of anilines is 1. The van der Waals surface area contributed by atoms with Gasteiger partial charge in [-0.2, -0.15) is 0 Å². The highest BCUT2D eigenvalue weighted by Gasteiger charge is 2.26. The average Bonchev–Trinajstić information content (AvgIpc) is 3.33. The molecule has 0 aliphatic carbocycles. The molecule has 7 heteroatoms. The second-order valence-corrected chi connectivity index (χ2v) is 7.14. The second-order valence-electron chi connectivity index (χ2n) is 7.14. The normalized spacial score (nSPS) is 16.5. The molecule has 2 aliphatic rings. The number of Topliss-reactive ketones (excluding diaryl/α,β-unsaturated/α-hetero) is 1. The number of hydrogen-bond donors (Lipinski definition) is 1. The molecule has 2 aromatic rings. The number of carbonyl (C=O) groups is 2. The van der Waals surface area contributed by atoms with Gasteiger partial charge in [0.2, 0.25) is 0 Å². The Morgan fingerprint density at radius 2 is 1.81 bits per heavy atom. The van der Waals surface area contributed by atoms with Crippen LogP contribution in [0.5, 0.6) is 0 Å². The lowest BCUT2D eigenvalue weighted by atomic mass is 10.0. The highest BCUT2D eigenvalue weighted by molar-refractivity contribution is 6.02. The number of aromatic nitrogens is 1. The summed E-state index contributed by atoms with van der Waals surface area (Å²) in [7, 11) is 0. The third-order valence-electron chi connectivity index (χ3n) is 5.26. The van der Waals surface area contributed by atoms with Gasteiger partial charge in [-0.05, 0) is 43.4 Å². The number of amides is 1. The monoisotopic (exact) mass is 373 g/mol. The molecular weight excluding hydrogens is 352 g/mol. The van der Waals surface area contributed by atoms with Crippen LogP contribution in [-0.2, 0) is 6.42 Å². The molecule has 1 aromatic carbocycles. The quantitative estimate of drug-likeness (QED) is 0.838. The number of rotatable bonds is 4. The van der Waals surface area contributed by atoms with Crippen molar-refractivity contribution in [2.75, 3.05) is 31.1 Å². The Morgan fingerprint density at radius 3 is 2.59 bits per heavy atom. The van der Waals surface area contributed by atoms with Crippen molar-refractivity contribution in [2.24, 2.45) is 0 Å². The van der Waals surface area contributed by atoms with Crippen LogP contribution in [0.1, 0.15) is 45.7 Å². The molecule has 0 spiro atoms. The highest BCUT2D eigenvalue weighted by Crippen LogP contribution is 2.31. The molecule has 1 saturated heterocycles. The van der Waals surface area contributed by atoms with E-state index in [0.717, 1.165) is 38.4 Å². The Balaban J connectivity index is 1.50. The predicted octanol–water partition coefficient (Wildman–Crippen LogP) is 3.16. The smallest absolute Gasteiger partial charge is 0.270 e. The first-order valence-corrected chi connectivity index (χ1v) is 9.26. The number of H-pyrrole nitrogens is 1. The van der Waals surface area contributed by atoms with Crippen molar-refractivity contribution in [1.82, 2.24) is 9.88 Å². The summed E-state index contributed by atoms with van der Waals surface area (Å²) >= 11 is 0. The van der Waals surface area contributed by atoms with Crippen LogP contribution >= 0.6 is 0 Å². The van der Waals surface area contributed by atoms with E-state index in [1.165, 1.54) is 12.3 Å². The van der Waals surface area contributed by atoms with Gasteiger partial charge in [-0.3, -0.25) is 9.59 Å². The van der Waals surface area contributed by atoms with E-state index in [4.69, 9.17) is 0 Å². The van der Waals surface area contributed by atoms with Crippen molar-refractivity contribution in [3.05, 3.63) is 52.9 Å². The number of aryl methyl sites for hydroxylation is 1. The maximum atomic E-state index is 14.3. The standard InChI is InChI=1S/C20H21F2N3O2/c21-15-8-13-4-3-7-25(19(13)16(22)10-15)12-18(26)14-9-17(23-11-14)20(27)24-5-1-2-6-24/h8-11,23H,1-7,12H2. The van der Waals surface area contributed by atoms with Crippen LogP contribution in [-0.4, -0.2) is 47.8 Å². The molecule has 1 aromatic heterocycles. The second kappa shape index (κ2) is 7.13. The van der Waals surface area contributed by atoms with E-state index in [-0.39, 0.29) is 18.2 Å². The number of carbonyl (C=O) groups excluding carboxylic acids is 2. The molecule has 1 fully saturated rings. The van der Waals surface area contributed by atoms with Crippen LogP contribution in [0.3, 0.4) is 0 Å². The fourth-order valence-corrected chi connectivity index (χ4v) is 3.93. The fraction of sp³-hybridized carbons (Fsp3) is 0.400. The van der Waals surface area contributed by atoms with E-state index in [2.05, 4.69) is 4.98 Å². The number of nitrogens with zero attached hydrogens (tertiary/aromatic N) is 2. The summed E-state index contributed by atoms with van der Waals surface area (Å²) < 4.78 is 27.7. The van der Waals surface area contributed by atoms with E-state index >= 15 is 0 Å². The lowest BCUT2D eigenvalue weighted by molar-refractivity contribution is 0.0787. The number of aromatic amines is 1. The summed E-state index contributed by atoms with van der Waals surface area (Å²) in [6.07, 6.45) is 4.84.